The van der Waals surface area contributed by atoms with Gasteiger partial charge in [-0.05, 0) is 36.1 Å². The molecule has 1 heterocycles. The summed E-state index contributed by atoms with van der Waals surface area (Å²) in [7, 11) is 0. The number of benzene rings is 2. The van der Waals surface area contributed by atoms with E-state index in [-0.39, 0.29) is 0 Å². The largest absolute Gasteiger partial charge is 0.548 e. The maximum Gasteiger partial charge on any atom is 0.336 e. The van der Waals surface area contributed by atoms with Crippen LogP contribution in [-0.2, 0) is 16.0 Å². The summed E-state index contributed by atoms with van der Waals surface area (Å²) in [6.45, 7) is 1.68. The van der Waals surface area contributed by atoms with Gasteiger partial charge in [0.15, 0.2) is 6.61 Å². The molecule has 0 bridgehead atoms. The molecule has 156 valence electrons. The van der Waals surface area contributed by atoms with Crippen LogP contribution in [0.25, 0.3) is 11.0 Å². The van der Waals surface area contributed by atoms with E-state index in [9.17, 15) is 19.5 Å². The van der Waals surface area contributed by atoms with Crippen LogP contribution in [0.5, 0.6) is 5.75 Å². The highest BCUT2D eigenvalue weighted by Gasteiger charge is 2.16. The van der Waals surface area contributed by atoms with Crippen molar-refractivity contribution in [2.45, 2.75) is 32.2 Å². The second kappa shape index (κ2) is 9.73. The maximum absolute atomic E-state index is 12.2. The molecule has 7 heteroatoms. The van der Waals surface area contributed by atoms with Crippen LogP contribution in [0.3, 0.4) is 0 Å². The number of carbonyl (C=O) groups excluding carboxylic acids is 2. The van der Waals surface area contributed by atoms with Crippen molar-refractivity contribution in [1.29, 1.82) is 0 Å². The van der Waals surface area contributed by atoms with Gasteiger partial charge in [0.2, 0.25) is 0 Å². The highest BCUT2D eigenvalue weighted by atomic mass is 16.5. The molecule has 0 radical (unpaired) electrons. The van der Waals surface area contributed by atoms with Gasteiger partial charge in [-0.1, -0.05) is 43.7 Å². The van der Waals surface area contributed by atoms with E-state index in [2.05, 4.69) is 12.2 Å². The van der Waals surface area contributed by atoms with E-state index < -0.39 is 30.2 Å². The predicted octanol–water partition coefficient (Wildman–Crippen LogP) is 2.12. The highest BCUT2D eigenvalue weighted by molar-refractivity contribution is 5.85. The summed E-state index contributed by atoms with van der Waals surface area (Å²) in [5, 5.41) is 14.6. The summed E-state index contributed by atoms with van der Waals surface area (Å²) >= 11 is 0. The lowest BCUT2D eigenvalue weighted by molar-refractivity contribution is -0.308. The van der Waals surface area contributed by atoms with Gasteiger partial charge in [-0.15, -0.1) is 0 Å². The molecule has 1 aromatic heterocycles. The van der Waals surface area contributed by atoms with Gasteiger partial charge in [0.25, 0.3) is 5.91 Å². The fraction of sp³-hybridized carbons (Fsp3) is 0.261. The number of aryl methyl sites for hydroxylation is 1. The lowest BCUT2D eigenvalue weighted by Gasteiger charge is -2.20. The molecule has 0 saturated heterocycles. The number of rotatable bonds is 9. The Hall–Kier alpha value is -3.61. The van der Waals surface area contributed by atoms with Gasteiger partial charge < -0.3 is 24.4 Å². The number of hydrogen-bond donors (Lipinski definition) is 1. The van der Waals surface area contributed by atoms with Crippen molar-refractivity contribution in [2.24, 2.45) is 0 Å². The molecule has 3 aromatic rings. The van der Waals surface area contributed by atoms with Crippen molar-refractivity contribution < 1.29 is 23.8 Å². The van der Waals surface area contributed by atoms with Gasteiger partial charge in [0.05, 0.1) is 12.0 Å². The van der Waals surface area contributed by atoms with Gasteiger partial charge >= 0.3 is 5.63 Å². The van der Waals surface area contributed by atoms with Crippen LogP contribution < -0.4 is 20.8 Å². The minimum absolute atomic E-state index is 0.332. The second-order valence-electron chi connectivity index (χ2n) is 6.87. The molecule has 30 heavy (non-hydrogen) atoms. The molecule has 1 atom stereocenters. The zero-order valence-corrected chi connectivity index (χ0v) is 16.6. The quantitative estimate of drug-likeness (QED) is 0.543. The third-order valence-corrected chi connectivity index (χ3v) is 4.65. The Bertz CT molecular complexity index is 1090. The summed E-state index contributed by atoms with van der Waals surface area (Å²) < 4.78 is 10.7. The van der Waals surface area contributed by atoms with Gasteiger partial charge in [0, 0.05) is 17.5 Å². The third kappa shape index (κ3) is 5.26. The minimum atomic E-state index is -1.42. The molecule has 0 aliphatic heterocycles. The smallest absolute Gasteiger partial charge is 0.336 e. The van der Waals surface area contributed by atoms with Gasteiger partial charge in [0.1, 0.15) is 11.3 Å². The Kier molecular flexibility index (Phi) is 6.85. The molecule has 2 aromatic carbocycles. The molecule has 0 aliphatic rings. The van der Waals surface area contributed by atoms with Crippen LogP contribution in [0.2, 0.25) is 0 Å². The van der Waals surface area contributed by atoms with Crippen molar-refractivity contribution in [3.8, 4) is 5.75 Å². The third-order valence-electron chi connectivity index (χ3n) is 4.65. The molecule has 1 amide bonds. The average Bonchev–Trinajstić information content (AvgIpc) is 2.74. The van der Waals surface area contributed by atoms with E-state index in [1.54, 1.807) is 48.5 Å². The predicted molar refractivity (Wildman–Crippen MR) is 109 cm³/mol. The van der Waals surface area contributed by atoms with Crippen molar-refractivity contribution in [2.75, 3.05) is 6.61 Å². The molecule has 0 unspecified atom stereocenters. The first-order chi connectivity index (χ1) is 14.5. The first kappa shape index (κ1) is 21.1. The van der Waals surface area contributed by atoms with E-state index in [1.807, 2.05) is 0 Å². The molecule has 0 spiro atoms. The maximum atomic E-state index is 12.2. The van der Waals surface area contributed by atoms with Crippen molar-refractivity contribution >= 4 is 22.8 Å². The fourth-order valence-corrected chi connectivity index (χ4v) is 3.15. The number of ether oxygens (including phenoxy) is 1. The molecule has 7 nitrogen and oxygen atoms in total. The zero-order valence-electron chi connectivity index (χ0n) is 16.6. The Morgan fingerprint density at radius 1 is 1.13 bits per heavy atom. The number of carboxylic acids is 1. The number of hydrogen-bond acceptors (Lipinski definition) is 6. The summed E-state index contributed by atoms with van der Waals surface area (Å²) in [6, 6.07) is 13.5. The van der Waals surface area contributed by atoms with E-state index in [0.29, 0.717) is 16.9 Å². The van der Waals surface area contributed by atoms with Crippen LogP contribution in [0, 0.1) is 0 Å². The van der Waals surface area contributed by atoms with Crippen LogP contribution in [0.4, 0.5) is 0 Å². The van der Waals surface area contributed by atoms with Crippen molar-refractivity contribution in [1.82, 2.24) is 5.32 Å². The fourth-order valence-electron chi connectivity index (χ4n) is 3.15. The van der Waals surface area contributed by atoms with E-state index in [0.717, 1.165) is 30.2 Å². The number of unbranched alkanes of at least 4 members (excludes halogenated alkanes) is 1. The highest BCUT2D eigenvalue weighted by Crippen LogP contribution is 2.24. The Labute approximate surface area is 173 Å². The standard InChI is InChI=1S/C23H23NO6/c1-2-3-7-16-12-21(26)30-19-13-17(10-11-18(16)19)29-14-20(25)24-22(23(27)28)15-8-5-4-6-9-15/h4-6,8-13,22H,2-3,7,14H2,1H3,(H,24,25)(H,27,28)/p-1/t22-/m0/s1. The van der Waals surface area contributed by atoms with Crippen LogP contribution in [-0.4, -0.2) is 18.5 Å². The summed E-state index contributed by atoms with van der Waals surface area (Å²) in [5.41, 5.74) is 1.25. The number of amides is 1. The number of nitrogens with one attached hydrogen (secondary N) is 1. The normalized spacial score (nSPS) is 11.8. The van der Waals surface area contributed by atoms with Gasteiger partial charge in [-0.2, -0.15) is 0 Å². The molecule has 1 N–H and O–H groups in total. The Balaban J connectivity index is 1.69. The Morgan fingerprint density at radius 3 is 2.60 bits per heavy atom. The van der Waals surface area contributed by atoms with Crippen LogP contribution in [0.1, 0.15) is 36.9 Å². The van der Waals surface area contributed by atoms with Gasteiger partial charge in [-0.3, -0.25) is 4.79 Å². The number of aliphatic carboxylic acids is 1. The van der Waals surface area contributed by atoms with Crippen molar-refractivity contribution in [3.63, 3.8) is 0 Å². The van der Waals surface area contributed by atoms with E-state index in [1.165, 1.54) is 6.07 Å². The Morgan fingerprint density at radius 2 is 1.90 bits per heavy atom. The number of carboxylic acid groups (broad SMARTS) is 1. The molecule has 0 fully saturated rings. The zero-order chi connectivity index (χ0) is 21.5. The second-order valence-corrected chi connectivity index (χ2v) is 6.87. The molecule has 0 aliphatic carbocycles. The number of carbonyl (C=O) groups is 2. The van der Waals surface area contributed by atoms with Gasteiger partial charge in [-0.25, -0.2) is 4.79 Å². The molecular formula is C23H22NO6-. The van der Waals surface area contributed by atoms with E-state index >= 15 is 0 Å². The molecule has 0 saturated carbocycles. The SMILES string of the molecule is CCCCc1cc(=O)oc2cc(OCC(=O)N[C@H](C(=O)[O-])c3ccccc3)ccc12. The lowest BCUT2D eigenvalue weighted by Crippen LogP contribution is -2.42. The monoisotopic (exact) mass is 408 g/mol. The first-order valence-corrected chi connectivity index (χ1v) is 9.72. The summed E-state index contributed by atoms with van der Waals surface area (Å²) in [6.07, 6.45) is 2.73. The number of fused-ring (bicyclic) bond motifs is 1. The van der Waals surface area contributed by atoms with E-state index in [4.69, 9.17) is 9.15 Å². The summed E-state index contributed by atoms with van der Waals surface area (Å²) in [4.78, 5) is 35.4. The van der Waals surface area contributed by atoms with Crippen molar-refractivity contribution in [3.05, 3.63) is 76.1 Å². The lowest BCUT2D eigenvalue weighted by atomic mass is 10.0. The van der Waals surface area contributed by atoms with Crippen LogP contribution >= 0.6 is 0 Å². The minimum Gasteiger partial charge on any atom is -0.548 e. The summed E-state index contributed by atoms with van der Waals surface area (Å²) in [5.74, 6) is -1.70. The topological polar surface area (TPSA) is 109 Å². The molecule has 3 rings (SSSR count). The van der Waals surface area contributed by atoms with Crippen LogP contribution in [0.15, 0.2) is 63.8 Å². The first-order valence-electron chi connectivity index (χ1n) is 9.72. The molecular weight excluding hydrogens is 386 g/mol. The average molecular weight is 408 g/mol.